The van der Waals surface area contributed by atoms with Gasteiger partial charge in [0.25, 0.3) is 0 Å². The fourth-order valence-electron chi connectivity index (χ4n) is 2.44. The third-order valence-corrected chi connectivity index (χ3v) is 3.70. The molecule has 0 bridgehead atoms. The van der Waals surface area contributed by atoms with Crippen molar-refractivity contribution in [3.63, 3.8) is 0 Å². The predicted molar refractivity (Wildman–Crippen MR) is 73.5 cm³/mol. The van der Waals surface area contributed by atoms with Crippen LogP contribution in [-0.4, -0.2) is 7.11 Å². The van der Waals surface area contributed by atoms with Gasteiger partial charge in [-0.2, -0.15) is 0 Å². The Labute approximate surface area is 105 Å². The third kappa shape index (κ3) is 3.01. The Hall–Kier alpha value is -1.02. The van der Waals surface area contributed by atoms with Gasteiger partial charge >= 0.3 is 0 Å². The lowest BCUT2D eigenvalue weighted by Crippen LogP contribution is -2.21. The average molecular weight is 235 g/mol. The van der Waals surface area contributed by atoms with Crippen LogP contribution in [0.15, 0.2) is 12.1 Å². The van der Waals surface area contributed by atoms with E-state index in [4.69, 9.17) is 10.5 Å². The Bertz CT molecular complexity index is 369. The van der Waals surface area contributed by atoms with Gasteiger partial charge in [-0.25, -0.2) is 0 Å². The van der Waals surface area contributed by atoms with Crippen molar-refractivity contribution in [3.8, 4) is 5.75 Å². The predicted octanol–water partition coefficient (Wildman–Crippen LogP) is 3.75. The molecule has 0 aliphatic rings. The zero-order valence-corrected chi connectivity index (χ0v) is 11.7. The van der Waals surface area contributed by atoms with Crippen molar-refractivity contribution in [3.05, 3.63) is 28.8 Å². The molecule has 0 fully saturated rings. The summed E-state index contributed by atoms with van der Waals surface area (Å²) in [4.78, 5) is 0. The van der Waals surface area contributed by atoms with Crippen LogP contribution < -0.4 is 10.5 Å². The van der Waals surface area contributed by atoms with Crippen LogP contribution in [0.1, 0.15) is 49.4 Å². The van der Waals surface area contributed by atoms with Crippen LogP contribution in [0, 0.1) is 19.8 Å². The smallest absolute Gasteiger partial charge is 0.122 e. The second kappa shape index (κ2) is 6.06. The highest BCUT2D eigenvalue weighted by Crippen LogP contribution is 2.31. The molecule has 0 saturated carbocycles. The quantitative estimate of drug-likeness (QED) is 0.843. The molecule has 0 aliphatic carbocycles. The Morgan fingerprint density at radius 3 is 2.18 bits per heavy atom. The molecule has 0 spiro atoms. The van der Waals surface area contributed by atoms with Crippen LogP contribution >= 0.6 is 0 Å². The van der Waals surface area contributed by atoms with E-state index in [0.29, 0.717) is 5.92 Å². The summed E-state index contributed by atoms with van der Waals surface area (Å²) in [6.45, 7) is 8.60. The van der Waals surface area contributed by atoms with Gasteiger partial charge < -0.3 is 10.5 Å². The molecule has 1 aromatic rings. The number of methoxy groups -OCH3 is 1. The lowest BCUT2D eigenvalue weighted by atomic mass is 9.86. The molecule has 2 N–H and O–H groups in total. The van der Waals surface area contributed by atoms with E-state index < -0.39 is 0 Å². The number of hydrogen-bond acceptors (Lipinski definition) is 2. The normalized spacial score (nSPS) is 12.9. The standard InChI is InChI=1S/C15H25NO/c1-6-12(7-2)15(16)13-8-11(4)14(17-5)9-10(13)3/h8-9,12,15H,6-7,16H2,1-5H3. The van der Waals surface area contributed by atoms with E-state index in [2.05, 4.69) is 39.8 Å². The summed E-state index contributed by atoms with van der Waals surface area (Å²) in [6, 6.07) is 4.40. The molecule has 1 aromatic carbocycles. The lowest BCUT2D eigenvalue weighted by molar-refractivity contribution is 0.399. The molecule has 2 nitrogen and oxygen atoms in total. The minimum Gasteiger partial charge on any atom is -0.496 e. The van der Waals surface area contributed by atoms with Crippen LogP contribution in [0.3, 0.4) is 0 Å². The molecule has 1 atom stereocenters. The summed E-state index contributed by atoms with van der Waals surface area (Å²) in [5.41, 5.74) is 10.0. The minimum absolute atomic E-state index is 0.134. The van der Waals surface area contributed by atoms with Crippen molar-refractivity contribution >= 4 is 0 Å². The van der Waals surface area contributed by atoms with Crippen molar-refractivity contribution in [2.75, 3.05) is 7.11 Å². The van der Waals surface area contributed by atoms with Crippen molar-refractivity contribution in [2.45, 2.75) is 46.6 Å². The molecule has 0 aliphatic heterocycles. The van der Waals surface area contributed by atoms with E-state index in [-0.39, 0.29) is 6.04 Å². The second-order valence-electron chi connectivity index (χ2n) is 4.78. The van der Waals surface area contributed by atoms with Gasteiger partial charge in [-0.3, -0.25) is 0 Å². The molecule has 0 aromatic heterocycles. The van der Waals surface area contributed by atoms with Crippen molar-refractivity contribution < 1.29 is 4.74 Å². The van der Waals surface area contributed by atoms with Crippen LogP contribution in [0.2, 0.25) is 0 Å². The molecular weight excluding hydrogens is 210 g/mol. The van der Waals surface area contributed by atoms with Crippen molar-refractivity contribution in [1.82, 2.24) is 0 Å². The number of benzene rings is 1. The minimum atomic E-state index is 0.134. The van der Waals surface area contributed by atoms with Gasteiger partial charge in [0.2, 0.25) is 0 Å². The molecule has 0 heterocycles. The molecular formula is C15H25NO. The lowest BCUT2D eigenvalue weighted by Gasteiger charge is -2.24. The molecule has 96 valence electrons. The Morgan fingerprint density at radius 2 is 1.71 bits per heavy atom. The monoisotopic (exact) mass is 235 g/mol. The molecule has 0 saturated heterocycles. The van der Waals surface area contributed by atoms with Crippen LogP contribution in [0.4, 0.5) is 0 Å². The highest BCUT2D eigenvalue weighted by atomic mass is 16.5. The maximum atomic E-state index is 6.38. The molecule has 1 rings (SSSR count). The first-order chi connectivity index (χ1) is 8.04. The number of nitrogens with two attached hydrogens (primary N) is 1. The van der Waals surface area contributed by atoms with E-state index in [1.54, 1.807) is 7.11 Å². The summed E-state index contributed by atoms with van der Waals surface area (Å²) >= 11 is 0. The highest BCUT2D eigenvalue weighted by Gasteiger charge is 2.18. The Morgan fingerprint density at radius 1 is 1.12 bits per heavy atom. The van der Waals surface area contributed by atoms with E-state index in [1.807, 2.05) is 0 Å². The van der Waals surface area contributed by atoms with Crippen molar-refractivity contribution in [2.24, 2.45) is 11.7 Å². The van der Waals surface area contributed by atoms with E-state index >= 15 is 0 Å². The second-order valence-corrected chi connectivity index (χ2v) is 4.78. The van der Waals surface area contributed by atoms with Crippen molar-refractivity contribution in [1.29, 1.82) is 0 Å². The summed E-state index contributed by atoms with van der Waals surface area (Å²) in [6.07, 6.45) is 2.25. The van der Waals surface area contributed by atoms with Gasteiger partial charge in [-0.15, -0.1) is 0 Å². The topological polar surface area (TPSA) is 35.2 Å². The summed E-state index contributed by atoms with van der Waals surface area (Å²) in [7, 11) is 1.71. The molecule has 0 radical (unpaired) electrons. The van der Waals surface area contributed by atoms with E-state index in [1.165, 1.54) is 11.1 Å². The molecule has 2 heteroatoms. The van der Waals surface area contributed by atoms with Crippen LogP contribution in [0.25, 0.3) is 0 Å². The Kier molecular flexibility index (Phi) is 5.01. The van der Waals surface area contributed by atoms with E-state index in [9.17, 15) is 0 Å². The first kappa shape index (κ1) is 14.0. The van der Waals surface area contributed by atoms with Crippen LogP contribution in [-0.2, 0) is 0 Å². The SMILES string of the molecule is CCC(CC)C(N)c1cc(C)c(OC)cc1C. The van der Waals surface area contributed by atoms with E-state index in [0.717, 1.165) is 24.2 Å². The fraction of sp³-hybridized carbons (Fsp3) is 0.600. The molecule has 0 amide bonds. The zero-order chi connectivity index (χ0) is 13.0. The van der Waals surface area contributed by atoms with Crippen LogP contribution in [0.5, 0.6) is 5.75 Å². The molecule has 17 heavy (non-hydrogen) atoms. The van der Waals surface area contributed by atoms with Gasteiger partial charge in [0, 0.05) is 6.04 Å². The Balaban J connectivity index is 3.09. The fourth-order valence-corrected chi connectivity index (χ4v) is 2.44. The first-order valence-electron chi connectivity index (χ1n) is 6.45. The van der Waals surface area contributed by atoms with Gasteiger partial charge in [0.15, 0.2) is 0 Å². The summed E-state index contributed by atoms with van der Waals surface area (Å²) in [5, 5.41) is 0. The maximum Gasteiger partial charge on any atom is 0.122 e. The van der Waals surface area contributed by atoms with Gasteiger partial charge in [0.05, 0.1) is 7.11 Å². The first-order valence-corrected chi connectivity index (χ1v) is 6.45. The third-order valence-electron chi connectivity index (χ3n) is 3.70. The number of aryl methyl sites for hydroxylation is 2. The number of ether oxygens (including phenoxy) is 1. The number of rotatable bonds is 5. The summed E-state index contributed by atoms with van der Waals surface area (Å²) in [5.74, 6) is 1.50. The van der Waals surface area contributed by atoms with Gasteiger partial charge in [-0.1, -0.05) is 32.8 Å². The average Bonchev–Trinajstić information content (AvgIpc) is 2.32. The largest absolute Gasteiger partial charge is 0.496 e. The zero-order valence-electron chi connectivity index (χ0n) is 11.7. The molecule has 1 unspecified atom stereocenters. The summed E-state index contributed by atoms with van der Waals surface area (Å²) < 4.78 is 5.33. The van der Waals surface area contributed by atoms with Gasteiger partial charge in [0.1, 0.15) is 5.75 Å². The maximum absolute atomic E-state index is 6.38. The number of hydrogen-bond donors (Lipinski definition) is 1. The van der Waals surface area contributed by atoms with Gasteiger partial charge in [-0.05, 0) is 42.5 Å². The highest BCUT2D eigenvalue weighted by molar-refractivity contribution is 5.42.